The molecular formula is C15H27NO2. The molecule has 104 valence electrons. The molecule has 1 heterocycles. The molecule has 0 spiro atoms. The molecule has 2 rings (SSSR count). The Morgan fingerprint density at radius 2 is 2.06 bits per heavy atom. The SMILES string of the molecule is CCCC1(C(=O)O)CCCN1C(C)C1CCCC1. The van der Waals surface area contributed by atoms with Crippen molar-refractivity contribution in [3.8, 4) is 0 Å². The third kappa shape index (κ3) is 2.29. The Morgan fingerprint density at radius 3 is 2.61 bits per heavy atom. The minimum atomic E-state index is -0.591. The maximum Gasteiger partial charge on any atom is 0.324 e. The molecule has 0 radical (unpaired) electrons. The summed E-state index contributed by atoms with van der Waals surface area (Å²) < 4.78 is 0. The molecule has 0 aromatic heterocycles. The van der Waals surface area contributed by atoms with Crippen LogP contribution < -0.4 is 0 Å². The molecule has 1 saturated carbocycles. The number of carboxylic acids is 1. The summed E-state index contributed by atoms with van der Waals surface area (Å²) in [6.45, 7) is 5.33. The second-order valence-corrected chi connectivity index (χ2v) is 6.17. The Balaban J connectivity index is 2.15. The van der Waals surface area contributed by atoms with Crippen molar-refractivity contribution in [2.45, 2.75) is 76.8 Å². The van der Waals surface area contributed by atoms with Gasteiger partial charge >= 0.3 is 5.97 Å². The van der Waals surface area contributed by atoms with E-state index < -0.39 is 11.5 Å². The summed E-state index contributed by atoms with van der Waals surface area (Å²) in [6.07, 6.45) is 8.89. The van der Waals surface area contributed by atoms with Crippen molar-refractivity contribution in [3.05, 3.63) is 0 Å². The Morgan fingerprint density at radius 1 is 1.39 bits per heavy atom. The van der Waals surface area contributed by atoms with Gasteiger partial charge in [-0.05, 0) is 51.5 Å². The van der Waals surface area contributed by atoms with Crippen LogP contribution in [-0.4, -0.2) is 34.1 Å². The van der Waals surface area contributed by atoms with Gasteiger partial charge in [-0.2, -0.15) is 0 Å². The smallest absolute Gasteiger partial charge is 0.324 e. The Labute approximate surface area is 111 Å². The van der Waals surface area contributed by atoms with E-state index in [4.69, 9.17) is 0 Å². The maximum absolute atomic E-state index is 11.8. The highest BCUT2D eigenvalue weighted by atomic mass is 16.4. The Hall–Kier alpha value is -0.570. The molecule has 0 bridgehead atoms. The fourth-order valence-corrected chi connectivity index (χ4v) is 4.21. The largest absolute Gasteiger partial charge is 0.480 e. The molecule has 2 fully saturated rings. The standard InChI is InChI=1S/C15H27NO2/c1-3-9-15(14(17)18)10-6-11-16(15)12(2)13-7-4-5-8-13/h12-13H,3-11H2,1-2H3,(H,17,18). The highest BCUT2D eigenvalue weighted by Gasteiger charge is 2.49. The highest BCUT2D eigenvalue weighted by Crippen LogP contribution is 2.40. The minimum absolute atomic E-state index is 0.442. The summed E-state index contributed by atoms with van der Waals surface area (Å²) in [5.41, 5.74) is -0.559. The van der Waals surface area contributed by atoms with E-state index in [1.807, 2.05) is 0 Å². The molecule has 1 aliphatic carbocycles. The van der Waals surface area contributed by atoms with Crippen LogP contribution in [0.2, 0.25) is 0 Å². The predicted octanol–water partition coefficient (Wildman–Crippen LogP) is 3.28. The Kier molecular flexibility index (Phi) is 4.31. The number of carboxylic acid groups (broad SMARTS) is 1. The molecule has 1 aliphatic heterocycles. The first-order chi connectivity index (χ1) is 8.62. The molecule has 3 nitrogen and oxygen atoms in total. The van der Waals surface area contributed by atoms with E-state index in [0.717, 1.165) is 38.1 Å². The predicted molar refractivity (Wildman–Crippen MR) is 72.6 cm³/mol. The second-order valence-electron chi connectivity index (χ2n) is 6.17. The first-order valence-corrected chi connectivity index (χ1v) is 7.62. The number of carbonyl (C=O) groups is 1. The average molecular weight is 253 g/mol. The molecule has 2 atom stereocenters. The highest BCUT2D eigenvalue weighted by molar-refractivity contribution is 5.79. The van der Waals surface area contributed by atoms with Crippen molar-refractivity contribution < 1.29 is 9.90 Å². The van der Waals surface area contributed by atoms with Gasteiger partial charge in [-0.1, -0.05) is 26.2 Å². The van der Waals surface area contributed by atoms with Crippen LogP contribution in [-0.2, 0) is 4.79 Å². The summed E-state index contributed by atoms with van der Waals surface area (Å²) in [4.78, 5) is 14.1. The van der Waals surface area contributed by atoms with Gasteiger partial charge in [-0.25, -0.2) is 0 Å². The Bertz CT molecular complexity index is 299. The fraction of sp³-hybridized carbons (Fsp3) is 0.933. The molecule has 3 heteroatoms. The number of hydrogen-bond donors (Lipinski definition) is 1. The third-order valence-electron chi connectivity index (χ3n) is 5.17. The zero-order valence-corrected chi connectivity index (χ0v) is 11.8. The molecule has 18 heavy (non-hydrogen) atoms. The lowest BCUT2D eigenvalue weighted by atomic mass is 9.87. The summed E-state index contributed by atoms with van der Waals surface area (Å²) in [7, 11) is 0. The molecule has 0 aromatic carbocycles. The summed E-state index contributed by atoms with van der Waals surface area (Å²) in [5, 5.41) is 9.72. The van der Waals surface area contributed by atoms with E-state index in [1.165, 1.54) is 25.7 Å². The first kappa shape index (κ1) is 13.9. The monoisotopic (exact) mass is 253 g/mol. The van der Waals surface area contributed by atoms with E-state index in [2.05, 4.69) is 18.7 Å². The van der Waals surface area contributed by atoms with Gasteiger partial charge in [0.05, 0.1) is 0 Å². The number of aliphatic carboxylic acids is 1. The van der Waals surface area contributed by atoms with Crippen LogP contribution >= 0.6 is 0 Å². The van der Waals surface area contributed by atoms with Crippen LogP contribution in [0.3, 0.4) is 0 Å². The molecule has 0 aromatic rings. The van der Waals surface area contributed by atoms with Crippen molar-refractivity contribution in [1.82, 2.24) is 4.90 Å². The lowest BCUT2D eigenvalue weighted by molar-refractivity contribution is -0.152. The maximum atomic E-state index is 11.8. The second kappa shape index (κ2) is 5.60. The van der Waals surface area contributed by atoms with E-state index in [1.54, 1.807) is 0 Å². The minimum Gasteiger partial charge on any atom is -0.480 e. The molecule has 2 unspecified atom stereocenters. The summed E-state index contributed by atoms with van der Waals surface area (Å²) in [6, 6.07) is 0.442. The van der Waals surface area contributed by atoms with Crippen LogP contribution in [0.25, 0.3) is 0 Å². The van der Waals surface area contributed by atoms with Gasteiger partial charge in [0, 0.05) is 6.04 Å². The van der Waals surface area contributed by atoms with Crippen molar-refractivity contribution in [1.29, 1.82) is 0 Å². The van der Waals surface area contributed by atoms with Crippen molar-refractivity contribution >= 4 is 5.97 Å². The van der Waals surface area contributed by atoms with E-state index in [-0.39, 0.29) is 0 Å². The molecule has 2 aliphatic rings. The quantitative estimate of drug-likeness (QED) is 0.817. The number of likely N-dealkylation sites (tertiary alicyclic amines) is 1. The fourth-order valence-electron chi connectivity index (χ4n) is 4.21. The average Bonchev–Trinajstić information content (AvgIpc) is 2.98. The number of hydrogen-bond acceptors (Lipinski definition) is 2. The normalized spacial score (nSPS) is 31.9. The van der Waals surface area contributed by atoms with Crippen molar-refractivity contribution in [3.63, 3.8) is 0 Å². The zero-order chi connectivity index (χ0) is 13.2. The van der Waals surface area contributed by atoms with Gasteiger partial charge in [0.1, 0.15) is 5.54 Å². The number of nitrogens with zero attached hydrogens (tertiary/aromatic N) is 1. The van der Waals surface area contributed by atoms with Crippen molar-refractivity contribution in [2.24, 2.45) is 5.92 Å². The van der Waals surface area contributed by atoms with Gasteiger partial charge in [-0.3, -0.25) is 9.69 Å². The van der Waals surface area contributed by atoms with E-state index >= 15 is 0 Å². The molecule has 1 saturated heterocycles. The lowest BCUT2D eigenvalue weighted by Crippen LogP contribution is -2.55. The van der Waals surface area contributed by atoms with E-state index in [9.17, 15) is 9.90 Å². The van der Waals surface area contributed by atoms with Gasteiger partial charge in [0.25, 0.3) is 0 Å². The lowest BCUT2D eigenvalue weighted by Gasteiger charge is -2.41. The van der Waals surface area contributed by atoms with Crippen LogP contribution in [0.5, 0.6) is 0 Å². The summed E-state index contributed by atoms with van der Waals surface area (Å²) in [5.74, 6) is 0.130. The van der Waals surface area contributed by atoms with E-state index in [0.29, 0.717) is 6.04 Å². The van der Waals surface area contributed by atoms with Gasteiger partial charge < -0.3 is 5.11 Å². The van der Waals surface area contributed by atoms with Gasteiger partial charge in [0.2, 0.25) is 0 Å². The topological polar surface area (TPSA) is 40.5 Å². The summed E-state index contributed by atoms with van der Waals surface area (Å²) >= 11 is 0. The van der Waals surface area contributed by atoms with Gasteiger partial charge in [-0.15, -0.1) is 0 Å². The first-order valence-electron chi connectivity index (χ1n) is 7.62. The van der Waals surface area contributed by atoms with Gasteiger partial charge in [0.15, 0.2) is 0 Å². The molecule has 0 amide bonds. The number of rotatable bonds is 5. The molecule has 1 N–H and O–H groups in total. The van der Waals surface area contributed by atoms with Crippen LogP contribution in [0, 0.1) is 5.92 Å². The van der Waals surface area contributed by atoms with Crippen molar-refractivity contribution in [2.75, 3.05) is 6.54 Å². The van der Waals surface area contributed by atoms with Crippen LogP contribution in [0.1, 0.15) is 65.2 Å². The van der Waals surface area contributed by atoms with Crippen LogP contribution in [0.4, 0.5) is 0 Å². The van der Waals surface area contributed by atoms with Crippen LogP contribution in [0.15, 0.2) is 0 Å². The molecular weight excluding hydrogens is 226 g/mol. The third-order valence-corrected chi connectivity index (χ3v) is 5.17. The zero-order valence-electron chi connectivity index (χ0n) is 11.8.